The standard InChI is InChI=1S/C21H23N5O2S/c22-18-13-14(1-6-20(18)28-16-8-11-27-12-9-16)19-7-10-24-21(26-19)25-15-2-4-17(29-23)5-3-15/h1-7,10,13,16H,8-9,11-12,22-23H2,(H,24,25,26). The van der Waals surface area contributed by atoms with E-state index < -0.39 is 0 Å². The van der Waals surface area contributed by atoms with E-state index >= 15 is 0 Å². The Hall–Kier alpha value is -2.81. The lowest BCUT2D eigenvalue weighted by Gasteiger charge is -2.24. The van der Waals surface area contributed by atoms with Gasteiger partial charge in [0.15, 0.2) is 0 Å². The van der Waals surface area contributed by atoms with Gasteiger partial charge >= 0.3 is 0 Å². The first-order valence-electron chi connectivity index (χ1n) is 9.42. The van der Waals surface area contributed by atoms with Crippen LogP contribution in [0.4, 0.5) is 17.3 Å². The van der Waals surface area contributed by atoms with Crippen molar-refractivity contribution < 1.29 is 9.47 Å². The summed E-state index contributed by atoms with van der Waals surface area (Å²) in [5.74, 6) is 1.21. The van der Waals surface area contributed by atoms with Gasteiger partial charge in [-0.1, -0.05) is 0 Å². The normalized spacial score (nSPS) is 14.5. The number of nitrogens with two attached hydrogens (primary N) is 2. The molecule has 0 radical (unpaired) electrons. The second kappa shape index (κ2) is 9.13. The average Bonchev–Trinajstić information content (AvgIpc) is 2.77. The number of rotatable bonds is 6. The van der Waals surface area contributed by atoms with Crippen LogP contribution in [0.3, 0.4) is 0 Å². The van der Waals surface area contributed by atoms with Gasteiger partial charge in [-0.15, -0.1) is 0 Å². The van der Waals surface area contributed by atoms with Crippen LogP contribution in [-0.2, 0) is 4.74 Å². The number of ether oxygens (including phenoxy) is 2. The molecular weight excluding hydrogens is 386 g/mol. The molecule has 1 aliphatic rings. The molecule has 1 saturated heterocycles. The molecule has 0 atom stereocenters. The quantitative estimate of drug-likeness (QED) is 0.414. The maximum atomic E-state index is 6.24. The summed E-state index contributed by atoms with van der Waals surface area (Å²) in [6, 6.07) is 15.4. The van der Waals surface area contributed by atoms with Crippen LogP contribution in [0.15, 0.2) is 59.6 Å². The van der Waals surface area contributed by atoms with E-state index in [1.54, 1.807) is 6.20 Å². The summed E-state index contributed by atoms with van der Waals surface area (Å²) in [6.45, 7) is 1.46. The predicted octanol–water partition coefficient (Wildman–Crippen LogP) is 3.99. The molecule has 1 aromatic heterocycles. The van der Waals surface area contributed by atoms with Gasteiger partial charge in [-0.2, -0.15) is 0 Å². The SMILES string of the molecule is NSc1ccc(Nc2nccc(-c3ccc(OC4CCOCC4)c(N)c3)n2)cc1. The van der Waals surface area contributed by atoms with Gasteiger partial charge in [0.2, 0.25) is 5.95 Å². The van der Waals surface area contributed by atoms with Crippen molar-refractivity contribution in [1.82, 2.24) is 9.97 Å². The Kier molecular flexibility index (Phi) is 6.14. The van der Waals surface area contributed by atoms with Gasteiger partial charge in [0.05, 0.1) is 24.6 Å². The third-order valence-electron chi connectivity index (χ3n) is 4.67. The Morgan fingerprint density at radius 1 is 1.07 bits per heavy atom. The molecule has 0 amide bonds. The van der Waals surface area contributed by atoms with Crippen LogP contribution in [0.2, 0.25) is 0 Å². The number of nitrogens with one attached hydrogen (secondary N) is 1. The van der Waals surface area contributed by atoms with Gasteiger partial charge in [0.1, 0.15) is 11.9 Å². The summed E-state index contributed by atoms with van der Waals surface area (Å²) in [6.07, 6.45) is 3.63. The molecule has 1 fully saturated rings. The Morgan fingerprint density at radius 3 is 2.59 bits per heavy atom. The molecular formula is C21H23N5O2S. The highest BCUT2D eigenvalue weighted by Crippen LogP contribution is 2.30. The number of benzene rings is 2. The first-order valence-corrected chi connectivity index (χ1v) is 10.3. The molecule has 0 unspecified atom stereocenters. The van der Waals surface area contributed by atoms with Gasteiger partial charge in [-0.3, -0.25) is 5.14 Å². The molecule has 2 aromatic carbocycles. The van der Waals surface area contributed by atoms with E-state index in [-0.39, 0.29) is 6.10 Å². The minimum absolute atomic E-state index is 0.149. The highest BCUT2D eigenvalue weighted by atomic mass is 32.2. The second-order valence-corrected chi connectivity index (χ2v) is 7.42. The van der Waals surface area contributed by atoms with E-state index in [1.807, 2.05) is 48.5 Å². The second-order valence-electron chi connectivity index (χ2n) is 6.71. The third-order valence-corrected chi connectivity index (χ3v) is 5.21. The van der Waals surface area contributed by atoms with Crippen molar-refractivity contribution in [3.8, 4) is 17.0 Å². The lowest BCUT2D eigenvalue weighted by Crippen LogP contribution is -2.26. The number of nitrogens with zero attached hydrogens (tertiary/aromatic N) is 2. The van der Waals surface area contributed by atoms with E-state index in [4.69, 9.17) is 20.3 Å². The number of hydrogen-bond acceptors (Lipinski definition) is 8. The third kappa shape index (κ3) is 4.97. The smallest absolute Gasteiger partial charge is 0.227 e. The monoisotopic (exact) mass is 409 g/mol. The fraction of sp³-hybridized carbons (Fsp3) is 0.238. The molecule has 0 bridgehead atoms. The lowest BCUT2D eigenvalue weighted by atomic mass is 10.1. The summed E-state index contributed by atoms with van der Waals surface area (Å²) < 4.78 is 11.4. The summed E-state index contributed by atoms with van der Waals surface area (Å²) in [5.41, 5.74) is 9.40. The Balaban J connectivity index is 1.49. The molecule has 4 rings (SSSR count). The van der Waals surface area contributed by atoms with Gasteiger partial charge in [0.25, 0.3) is 0 Å². The fourth-order valence-corrected chi connectivity index (χ4v) is 3.41. The molecule has 29 heavy (non-hydrogen) atoms. The highest BCUT2D eigenvalue weighted by Gasteiger charge is 2.16. The van der Waals surface area contributed by atoms with Crippen molar-refractivity contribution in [3.05, 3.63) is 54.7 Å². The van der Waals surface area contributed by atoms with Crippen molar-refractivity contribution in [2.24, 2.45) is 5.14 Å². The van der Waals surface area contributed by atoms with Gasteiger partial charge < -0.3 is 20.5 Å². The lowest BCUT2D eigenvalue weighted by molar-refractivity contribution is 0.0259. The van der Waals surface area contributed by atoms with Crippen LogP contribution in [0.25, 0.3) is 11.3 Å². The molecule has 2 heterocycles. The molecule has 0 spiro atoms. The first-order chi connectivity index (χ1) is 14.2. The molecule has 0 saturated carbocycles. The van der Waals surface area contributed by atoms with Gasteiger partial charge in [0, 0.05) is 35.2 Å². The molecule has 5 N–H and O–H groups in total. The Bertz CT molecular complexity index is 962. The molecule has 3 aromatic rings. The zero-order chi connectivity index (χ0) is 20.1. The van der Waals surface area contributed by atoms with Gasteiger partial charge in [-0.05, 0) is 60.5 Å². The molecule has 7 nitrogen and oxygen atoms in total. The van der Waals surface area contributed by atoms with E-state index in [2.05, 4.69) is 15.3 Å². The van der Waals surface area contributed by atoms with Crippen molar-refractivity contribution in [1.29, 1.82) is 0 Å². The van der Waals surface area contributed by atoms with Crippen molar-refractivity contribution in [3.63, 3.8) is 0 Å². The van der Waals surface area contributed by atoms with Crippen molar-refractivity contribution in [2.75, 3.05) is 24.3 Å². The summed E-state index contributed by atoms with van der Waals surface area (Å²) in [4.78, 5) is 9.89. The summed E-state index contributed by atoms with van der Waals surface area (Å²) in [7, 11) is 0. The minimum atomic E-state index is 0.149. The van der Waals surface area contributed by atoms with Crippen LogP contribution in [0.5, 0.6) is 5.75 Å². The number of aromatic nitrogens is 2. The van der Waals surface area contributed by atoms with Crippen molar-refractivity contribution >= 4 is 29.3 Å². The van der Waals surface area contributed by atoms with E-state index in [1.165, 1.54) is 11.9 Å². The predicted molar refractivity (Wildman–Crippen MR) is 116 cm³/mol. The van der Waals surface area contributed by atoms with Gasteiger partial charge in [-0.25, -0.2) is 9.97 Å². The molecule has 0 aliphatic carbocycles. The fourth-order valence-electron chi connectivity index (χ4n) is 3.11. The molecule has 1 aliphatic heterocycles. The number of hydrogen-bond donors (Lipinski definition) is 3. The number of nitrogen functional groups attached to an aromatic ring is 1. The minimum Gasteiger partial charge on any atom is -0.488 e. The maximum absolute atomic E-state index is 6.24. The largest absolute Gasteiger partial charge is 0.488 e. The first kappa shape index (κ1) is 19.5. The van der Waals surface area contributed by atoms with E-state index in [0.29, 0.717) is 17.4 Å². The molecule has 8 heteroatoms. The topological polar surface area (TPSA) is 108 Å². The Labute approximate surface area is 174 Å². The van der Waals surface area contributed by atoms with Crippen LogP contribution >= 0.6 is 11.9 Å². The van der Waals surface area contributed by atoms with Crippen molar-refractivity contribution in [2.45, 2.75) is 23.8 Å². The van der Waals surface area contributed by atoms with E-state index in [9.17, 15) is 0 Å². The zero-order valence-corrected chi connectivity index (χ0v) is 16.7. The highest BCUT2D eigenvalue weighted by molar-refractivity contribution is 7.97. The Morgan fingerprint density at radius 2 is 1.86 bits per heavy atom. The van der Waals surface area contributed by atoms with Crippen LogP contribution in [0.1, 0.15) is 12.8 Å². The van der Waals surface area contributed by atoms with E-state index in [0.717, 1.165) is 47.9 Å². The summed E-state index contributed by atoms with van der Waals surface area (Å²) >= 11 is 1.21. The van der Waals surface area contributed by atoms with Crippen LogP contribution in [-0.4, -0.2) is 29.3 Å². The zero-order valence-electron chi connectivity index (χ0n) is 15.9. The average molecular weight is 410 g/mol. The van der Waals surface area contributed by atoms with Crippen LogP contribution < -0.4 is 20.9 Å². The number of anilines is 3. The maximum Gasteiger partial charge on any atom is 0.227 e. The molecule has 150 valence electrons. The summed E-state index contributed by atoms with van der Waals surface area (Å²) in [5, 5.41) is 8.76. The van der Waals surface area contributed by atoms with Crippen LogP contribution in [0, 0.1) is 0 Å².